The summed E-state index contributed by atoms with van der Waals surface area (Å²) in [6.45, 7) is 1.69. The van der Waals surface area contributed by atoms with Gasteiger partial charge in [0.15, 0.2) is 0 Å². The van der Waals surface area contributed by atoms with E-state index in [1.807, 2.05) is 38.4 Å². The van der Waals surface area contributed by atoms with Crippen LogP contribution in [0.25, 0.3) is 11.0 Å². The van der Waals surface area contributed by atoms with E-state index in [1.54, 1.807) is 9.47 Å². The molecule has 1 aliphatic heterocycles. The van der Waals surface area contributed by atoms with Crippen LogP contribution < -0.4 is 4.90 Å². The number of amides is 1. The van der Waals surface area contributed by atoms with Gasteiger partial charge < -0.3 is 14.7 Å². The third-order valence-electron chi connectivity index (χ3n) is 4.32. The first-order valence-corrected chi connectivity index (χ1v) is 7.59. The van der Waals surface area contributed by atoms with Gasteiger partial charge in [0.25, 0.3) is 0 Å². The first-order chi connectivity index (χ1) is 10.5. The Morgan fingerprint density at radius 3 is 2.73 bits per heavy atom. The van der Waals surface area contributed by atoms with Gasteiger partial charge in [-0.3, -0.25) is 0 Å². The second-order valence-electron chi connectivity index (χ2n) is 6.26. The molecular weight excluding hydrogens is 278 g/mol. The minimum Gasteiger partial charge on any atom is -0.340 e. The van der Waals surface area contributed by atoms with Gasteiger partial charge in [-0.25, -0.2) is 14.3 Å². The van der Waals surface area contributed by atoms with Crippen molar-refractivity contribution in [3.8, 4) is 0 Å². The van der Waals surface area contributed by atoms with Crippen LogP contribution in [0.3, 0.4) is 0 Å². The zero-order chi connectivity index (χ0) is 15.9. The van der Waals surface area contributed by atoms with Crippen molar-refractivity contribution in [1.29, 1.82) is 0 Å². The summed E-state index contributed by atoms with van der Waals surface area (Å²) in [6, 6.07) is 8.04. The van der Waals surface area contributed by atoms with Crippen molar-refractivity contribution in [2.75, 3.05) is 46.2 Å². The predicted octanol–water partition coefficient (Wildman–Crippen LogP) is 1.71. The quantitative estimate of drug-likeness (QED) is 0.866. The van der Waals surface area contributed by atoms with E-state index in [0.29, 0.717) is 6.54 Å². The van der Waals surface area contributed by atoms with E-state index in [1.165, 1.54) is 0 Å². The van der Waals surface area contributed by atoms with Crippen LogP contribution in [-0.4, -0.2) is 72.7 Å². The number of imidazole rings is 1. The number of fused-ring (bicyclic) bond motifs is 3. The summed E-state index contributed by atoms with van der Waals surface area (Å²) in [6.07, 6.45) is 0.990. The standard InChI is InChI=1S/C16H23N5O/c1-18(2)10-9-12-11-19(3)16(22)21-14-8-6-5-7-13(14)17-15(21)20(12)4/h5-8,12H,9-11H2,1-4H3. The third-order valence-corrected chi connectivity index (χ3v) is 4.32. The fourth-order valence-electron chi connectivity index (χ4n) is 2.98. The van der Waals surface area contributed by atoms with Crippen molar-refractivity contribution in [3.63, 3.8) is 0 Å². The Kier molecular flexibility index (Phi) is 3.78. The lowest BCUT2D eigenvalue weighted by Gasteiger charge is -2.28. The number of benzene rings is 1. The van der Waals surface area contributed by atoms with Crippen LogP contribution in [0.4, 0.5) is 10.7 Å². The van der Waals surface area contributed by atoms with E-state index < -0.39 is 0 Å². The molecule has 1 aromatic heterocycles. The zero-order valence-corrected chi connectivity index (χ0v) is 13.7. The van der Waals surface area contributed by atoms with Gasteiger partial charge in [0, 0.05) is 20.6 Å². The van der Waals surface area contributed by atoms with E-state index in [9.17, 15) is 4.79 Å². The molecule has 0 N–H and O–H groups in total. The van der Waals surface area contributed by atoms with Crippen molar-refractivity contribution < 1.29 is 4.79 Å². The molecule has 2 heterocycles. The van der Waals surface area contributed by atoms with Crippen LogP contribution >= 0.6 is 0 Å². The van der Waals surface area contributed by atoms with Crippen molar-refractivity contribution in [1.82, 2.24) is 19.4 Å². The fraction of sp³-hybridized carbons (Fsp3) is 0.500. The maximum Gasteiger partial charge on any atom is 0.331 e. The summed E-state index contributed by atoms with van der Waals surface area (Å²) in [5.41, 5.74) is 1.73. The second-order valence-corrected chi connectivity index (χ2v) is 6.26. The Bertz CT molecular complexity index is 693. The van der Waals surface area contributed by atoms with E-state index in [2.05, 4.69) is 28.9 Å². The molecule has 1 atom stereocenters. The molecule has 0 radical (unpaired) electrons. The fourth-order valence-corrected chi connectivity index (χ4v) is 2.98. The van der Waals surface area contributed by atoms with Gasteiger partial charge in [-0.2, -0.15) is 0 Å². The summed E-state index contributed by atoms with van der Waals surface area (Å²) >= 11 is 0. The van der Waals surface area contributed by atoms with Crippen molar-refractivity contribution >= 4 is 23.0 Å². The van der Waals surface area contributed by atoms with Crippen LogP contribution in [0.15, 0.2) is 24.3 Å². The number of carbonyl (C=O) groups is 1. The predicted molar refractivity (Wildman–Crippen MR) is 88.5 cm³/mol. The normalized spacial score (nSPS) is 19.0. The van der Waals surface area contributed by atoms with Crippen LogP contribution in [0, 0.1) is 0 Å². The summed E-state index contributed by atoms with van der Waals surface area (Å²) in [4.78, 5) is 23.5. The molecule has 2 aromatic rings. The minimum absolute atomic E-state index is 0.0112. The third kappa shape index (κ3) is 2.43. The number of carbonyl (C=O) groups excluding carboxylic acids is 1. The van der Waals surface area contributed by atoms with Gasteiger partial charge in [0.1, 0.15) is 0 Å². The molecule has 0 fully saturated rings. The lowest BCUT2D eigenvalue weighted by Crippen LogP contribution is -2.41. The summed E-state index contributed by atoms with van der Waals surface area (Å²) < 4.78 is 1.73. The van der Waals surface area contributed by atoms with Gasteiger partial charge in [0.2, 0.25) is 5.95 Å². The molecule has 1 unspecified atom stereocenters. The highest BCUT2D eigenvalue weighted by Gasteiger charge is 2.31. The number of likely N-dealkylation sites (N-methyl/N-ethyl adjacent to an activating group) is 2. The molecule has 1 aromatic carbocycles. The molecule has 118 valence electrons. The van der Waals surface area contributed by atoms with Crippen LogP contribution in [0.2, 0.25) is 0 Å². The molecule has 0 spiro atoms. The first-order valence-electron chi connectivity index (χ1n) is 7.59. The molecule has 22 heavy (non-hydrogen) atoms. The maximum absolute atomic E-state index is 12.8. The monoisotopic (exact) mass is 301 g/mol. The smallest absolute Gasteiger partial charge is 0.331 e. The van der Waals surface area contributed by atoms with E-state index in [-0.39, 0.29) is 12.1 Å². The van der Waals surface area contributed by atoms with Gasteiger partial charge >= 0.3 is 6.03 Å². The SMILES string of the molecule is CN(C)CCC1CN(C)C(=O)n2c(nc3ccccc32)N1C. The molecule has 6 heteroatoms. The number of aromatic nitrogens is 2. The highest BCUT2D eigenvalue weighted by atomic mass is 16.2. The number of para-hydroxylation sites is 2. The van der Waals surface area contributed by atoms with Crippen LogP contribution in [-0.2, 0) is 0 Å². The number of anilines is 1. The topological polar surface area (TPSA) is 44.6 Å². The first kappa shape index (κ1) is 14.8. The Morgan fingerprint density at radius 1 is 1.27 bits per heavy atom. The van der Waals surface area contributed by atoms with Gasteiger partial charge in [0.05, 0.1) is 17.1 Å². The van der Waals surface area contributed by atoms with E-state index >= 15 is 0 Å². The Morgan fingerprint density at radius 2 is 2.00 bits per heavy atom. The lowest BCUT2D eigenvalue weighted by molar-refractivity contribution is 0.210. The van der Waals surface area contributed by atoms with Crippen LogP contribution in [0.5, 0.6) is 0 Å². The van der Waals surface area contributed by atoms with Crippen LogP contribution in [0.1, 0.15) is 6.42 Å². The molecule has 0 saturated carbocycles. The van der Waals surface area contributed by atoms with Gasteiger partial charge in [-0.15, -0.1) is 0 Å². The highest BCUT2D eigenvalue weighted by Crippen LogP contribution is 2.27. The highest BCUT2D eigenvalue weighted by molar-refractivity contribution is 5.93. The molecular formula is C16H23N5O. The molecule has 1 amide bonds. The van der Waals surface area contributed by atoms with Gasteiger partial charge in [-0.1, -0.05) is 12.1 Å². The Labute approximate surface area is 130 Å². The average Bonchev–Trinajstić information content (AvgIpc) is 2.85. The number of hydrogen-bond acceptors (Lipinski definition) is 4. The average molecular weight is 301 g/mol. The molecule has 1 aliphatic rings. The number of rotatable bonds is 3. The second kappa shape index (κ2) is 5.61. The molecule has 0 aliphatic carbocycles. The molecule has 0 saturated heterocycles. The Balaban J connectivity index is 2.05. The number of hydrogen-bond donors (Lipinski definition) is 0. The maximum atomic E-state index is 12.8. The molecule has 3 rings (SSSR count). The number of nitrogens with zero attached hydrogens (tertiary/aromatic N) is 5. The van der Waals surface area contributed by atoms with Crippen molar-refractivity contribution in [2.24, 2.45) is 0 Å². The lowest BCUT2D eigenvalue weighted by atomic mass is 10.1. The molecule has 0 bridgehead atoms. The van der Waals surface area contributed by atoms with E-state index in [0.717, 1.165) is 29.9 Å². The minimum atomic E-state index is -0.0112. The Hall–Kier alpha value is -2.08. The van der Waals surface area contributed by atoms with Crippen molar-refractivity contribution in [2.45, 2.75) is 12.5 Å². The summed E-state index contributed by atoms with van der Waals surface area (Å²) in [5, 5.41) is 0. The van der Waals surface area contributed by atoms with Gasteiger partial charge in [-0.05, 0) is 39.2 Å². The van der Waals surface area contributed by atoms with E-state index in [4.69, 9.17) is 0 Å². The zero-order valence-electron chi connectivity index (χ0n) is 13.7. The van der Waals surface area contributed by atoms with Crippen molar-refractivity contribution in [3.05, 3.63) is 24.3 Å². The summed E-state index contributed by atoms with van der Waals surface area (Å²) in [7, 11) is 8.04. The summed E-state index contributed by atoms with van der Waals surface area (Å²) in [5.74, 6) is 0.735. The largest absolute Gasteiger partial charge is 0.340 e. The molecule has 6 nitrogen and oxygen atoms in total.